The van der Waals surface area contributed by atoms with Crippen LogP contribution >= 0.6 is 0 Å². The van der Waals surface area contributed by atoms with E-state index in [1.165, 1.54) is 0 Å². The average Bonchev–Trinajstić information content (AvgIpc) is 2.38. The standard InChI is InChI=1S/C11H21N5O2/c1-9-7-15-10(8-16(9)18-2)11(17)14-6-5-13-4-3-12/h7,13H,3-6,8,12H2,1-2H3,(H,14,17)/p+1. The van der Waals surface area contributed by atoms with E-state index in [0.717, 1.165) is 17.3 Å². The Kier molecular flexibility index (Phi) is 6.51. The molecule has 0 bridgehead atoms. The summed E-state index contributed by atoms with van der Waals surface area (Å²) in [5, 5.41) is 6.69. The molecule has 0 aromatic carbocycles. The number of hydrogen-bond donors (Lipinski definition) is 4. The first-order valence-corrected chi connectivity index (χ1v) is 6.01. The van der Waals surface area contributed by atoms with E-state index in [2.05, 4.69) is 15.6 Å². The van der Waals surface area contributed by atoms with E-state index in [4.69, 9.17) is 10.6 Å². The summed E-state index contributed by atoms with van der Waals surface area (Å²) >= 11 is 0. The molecule has 0 aliphatic carbocycles. The lowest BCUT2D eigenvalue weighted by atomic mass is 10.3. The van der Waals surface area contributed by atoms with Gasteiger partial charge < -0.3 is 16.4 Å². The number of hydroxylamine groups is 2. The summed E-state index contributed by atoms with van der Waals surface area (Å²) in [6, 6.07) is 0. The molecule has 0 fully saturated rings. The summed E-state index contributed by atoms with van der Waals surface area (Å²) < 4.78 is 0. The molecule has 1 rings (SSSR count). The predicted molar refractivity (Wildman–Crippen MR) is 69.0 cm³/mol. The summed E-state index contributed by atoms with van der Waals surface area (Å²) in [7, 11) is 1.60. The highest BCUT2D eigenvalue weighted by molar-refractivity contribution is 6.39. The topological polar surface area (TPSA) is 93.2 Å². The fourth-order valence-electron chi connectivity index (χ4n) is 1.55. The van der Waals surface area contributed by atoms with Crippen LogP contribution < -0.4 is 21.4 Å². The van der Waals surface area contributed by atoms with Crippen molar-refractivity contribution in [2.24, 2.45) is 10.7 Å². The van der Waals surface area contributed by atoms with E-state index in [1.807, 2.05) is 6.92 Å². The molecule has 0 saturated carbocycles. The number of rotatable bonds is 7. The van der Waals surface area contributed by atoms with E-state index < -0.39 is 0 Å². The molecule has 0 aromatic heterocycles. The van der Waals surface area contributed by atoms with E-state index >= 15 is 0 Å². The van der Waals surface area contributed by atoms with Crippen LogP contribution in [0.1, 0.15) is 6.92 Å². The number of nitrogens with one attached hydrogen (secondary N) is 3. The highest BCUT2D eigenvalue weighted by Crippen LogP contribution is 1.91. The highest BCUT2D eigenvalue weighted by Gasteiger charge is 2.23. The monoisotopic (exact) mass is 256 g/mol. The Morgan fingerprint density at radius 3 is 3.00 bits per heavy atom. The van der Waals surface area contributed by atoms with Crippen LogP contribution in [0, 0.1) is 0 Å². The van der Waals surface area contributed by atoms with Crippen LogP contribution in [0.15, 0.2) is 16.9 Å². The molecule has 1 unspecified atom stereocenters. The molecular weight excluding hydrogens is 234 g/mol. The van der Waals surface area contributed by atoms with Crippen LogP contribution in [0.5, 0.6) is 0 Å². The molecule has 0 saturated heterocycles. The van der Waals surface area contributed by atoms with Crippen molar-refractivity contribution in [3.8, 4) is 0 Å². The normalized spacial score (nSPS) is 19.2. The second-order valence-corrected chi connectivity index (χ2v) is 3.99. The first-order chi connectivity index (χ1) is 8.69. The molecule has 1 aliphatic heterocycles. The number of amides is 1. The van der Waals surface area contributed by atoms with Gasteiger partial charge in [-0.2, -0.15) is 5.06 Å². The third-order valence-electron chi connectivity index (χ3n) is 2.60. The maximum Gasteiger partial charge on any atom is 0.271 e. The number of aliphatic imine (C=N–C) groups is 1. The van der Waals surface area contributed by atoms with E-state index in [0.29, 0.717) is 31.9 Å². The Hall–Kier alpha value is -1.28. The number of hydrogen-bond acceptors (Lipinski definition) is 5. The molecule has 18 heavy (non-hydrogen) atoms. The van der Waals surface area contributed by atoms with Crippen LogP contribution in [-0.4, -0.2) is 51.5 Å². The Bertz CT molecular complexity index is 340. The minimum absolute atomic E-state index is 0.150. The Morgan fingerprint density at radius 2 is 2.33 bits per heavy atom. The number of nitrogens with zero attached hydrogens (tertiary/aromatic N) is 1. The second kappa shape index (κ2) is 7.93. The zero-order valence-corrected chi connectivity index (χ0v) is 11.0. The summed E-state index contributed by atoms with van der Waals surface area (Å²) in [5.41, 5.74) is 6.78. The molecule has 7 nitrogen and oxygen atoms in total. The van der Waals surface area contributed by atoms with Crippen molar-refractivity contribution in [3.05, 3.63) is 11.9 Å². The predicted octanol–water partition coefficient (Wildman–Crippen LogP) is -2.59. The zero-order valence-electron chi connectivity index (χ0n) is 11.0. The van der Waals surface area contributed by atoms with Gasteiger partial charge >= 0.3 is 0 Å². The van der Waals surface area contributed by atoms with E-state index in [1.54, 1.807) is 13.3 Å². The summed E-state index contributed by atoms with van der Waals surface area (Å²) in [6.45, 7) is 4.96. The van der Waals surface area contributed by atoms with Gasteiger partial charge in [0.1, 0.15) is 0 Å². The van der Waals surface area contributed by atoms with E-state index in [-0.39, 0.29) is 5.91 Å². The van der Waals surface area contributed by atoms with Gasteiger partial charge in [0.15, 0.2) is 18.0 Å². The first-order valence-electron chi connectivity index (χ1n) is 6.01. The number of nitrogens with two attached hydrogens (primary N) is 1. The molecule has 0 spiro atoms. The van der Waals surface area contributed by atoms with Gasteiger partial charge in [0.2, 0.25) is 0 Å². The Balaban J connectivity index is 2.34. The Labute approximate surface area is 107 Å². The summed E-state index contributed by atoms with van der Waals surface area (Å²) in [6.07, 6.45) is 1.66. The van der Waals surface area contributed by atoms with Crippen molar-refractivity contribution >= 4 is 11.6 Å². The molecule has 5 N–H and O–H groups in total. The Morgan fingerprint density at radius 1 is 1.56 bits per heavy atom. The van der Waals surface area contributed by atoms with Gasteiger partial charge in [-0.3, -0.25) is 4.79 Å². The van der Waals surface area contributed by atoms with Crippen LogP contribution in [0.4, 0.5) is 0 Å². The smallest absolute Gasteiger partial charge is 0.271 e. The number of allylic oxidation sites excluding steroid dienone is 1. The second-order valence-electron chi connectivity index (χ2n) is 3.99. The number of quaternary nitrogens is 1. The van der Waals surface area contributed by atoms with Crippen molar-refractivity contribution in [3.63, 3.8) is 0 Å². The third-order valence-corrected chi connectivity index (χ3v) is 2.60. The van der Waals surface area contributed by atoms with Gasteiger partial charge in [0.05, 0.1) is 13.3 Å². The lowest BCUT2D eigenvalue weighted by Crippen LogP contribution is -3.10. The van der Waals surface area contributed by atoms with Gasteiger partial charge in [0, 0.05) is 33.1 Å². The largest absolute Gasteiger partial charge is 0.350 e. The lowest BCUT2D eigenvalue weighted by Gasteiger charge is -2.18. The molecule has 1 atom stereocenters. The van der Waals surface area contributed by atoms with Gasteiger partial charge in [-0.25, -0.2) is 9.83 Å². The number of carbonyl (C=O) groups excluding carboxylic acids is 1. The van der Waals surface area contributed by atoms with Crippen molar-refractivity contribution in [1.82, 2.24) is 10.6 Å². The summed E-state index contributed by atoms with van der Waals surface area (Å²) in [4.78, 5) is 21.1. The van der Waals surface area contributed by atoms with Crippen LogP contribution in [0.3, 0.4) is 0 Å². The van der Waals surface area contributed by atoms with Crippen molar-refractivity contribution in [1.29, 1.82) is 0 Å². The molecule has 7 heteroatoms. The van der Waals surface area contributed by atoms with Crippen LogP contribution in [0.25, 0.3) is 0 Å². The molecule has 102 valence electrons. The number of carbonyl (C=O) groups is 1. The minimum atomic E-state index is -0.150. The first kappa shape index (κ1) is 14.8. The molecule has 0 aromatic rings. The fraction of sp³-hybridized carbons (Fsp3) is 0.636. The molecule has 1 amide bonds. The fourth-order valence-corrected chi connectivity index (χ4v) is 1.55. The van der Waals surface area contributed by atoms with Gasteiger partial charge in [0.25, 0.3) is 5.91 Å². The molecule has 1 heterocycles. The van der Waals surface area contributed by atoms with Crippen molar-refractivity contribution < 1.29 is 14.7 Å². The van der Waals surface area contributed by atoms with Crippen LogP contribution in [0.2, 0.25) is 0 Å². The van der Waals surface area contributed by atoms with Crippen LogP contribution in [-0.2, 0) is 9.63 Å². The highest BCUT2D eigenvalue weighted by atomic mass is 16.7. The maximum absolute atomic E-state index is 11.8. The van der Waals surface area contributed by atoms with Crippen molar-refractivity contribution in [2.45, 2.75) is 6.92 Å². The average molecular weight is 256 g/mol. The molecule has 1 aliphatic rings. The summed E-state index contributed by atoms with van der Waals surface area (Å²) in [5.74, 6) is -0.150. The third kappa shape index (κ3) is 4.53. The molecular formula is C11H22N5O2+. The lowest BCUT2D eigenvalue weighted by molar-refractivity contribution is -1.05. The van der Waals surface area contributed by atoms with Gasteiger partial charge in [-0.05, 0) is 0 Å². The zero-order chi connectivity index (χ0) is 13.4. The molecule has 0 radical (unpaired) electrons. The van der Waals surface area contributed by atoms with Gasteiger partial charge in [-0.1, -0.05) is 0 Å². The minimum Gasteiger partial charge on any atom is -0.350 e. The SMILES string of the molecule is CO[NH+]1CC(C(=O)NCCNCCN)=NC=C1C. The maximum atomic E-state index is 11.8. The van der Waals surface area contributed by atoms with Gasteiger partial charge in [-0.15, -0.1) is 0 Å². The van der Waals surface area contributed by atoms with Crippen molar-refractivity contribution in [2.75, 3.05) is 39.8 Å². The quantitative estimate of drug-likeness (QED) is 0.376. The van der Waals surface area contributed by atoms with E-state index in [9.17, 15) is 4.79 Å².